The van der Waals surface area contributed by atoms with Crippen LogP contribution in [0.15, 0.2) is 0 Å². The zero-order valence-corrected chi connectivity index (χ0v) is 9.29. The number of aromatic nitrogens is 2. The van der Waals surface area contributed by atoms with Crippen LogP contribution in [0.4, 0.5) is 5.82 Å². The summed E-state index contributed by atoms with van der Waals surface area (Å²) < 4.78 is 5.84. The molecule has 1 heterocycles. The lowest BCUT2D eigenvalue weighted by Gasteiger charge is -2.14. The second-order valence-electron chi connectivity index (χ2n) is 4.11. The van der Waals surface area contributed by atoms with Crippen LogP contribution in [0.2, 0.25) is 0 Å². The Kier molecular flexibility index (Phi) is 2.75. The normalized spacial score (nSPS) is 16.9. The molecule has 1 aliphatic carbocycles. The molecule has 2 N–H and O–H groups in total. The van der Waals surface area contributed by atoms with Gasteiger partial charge in [-0.05, 0) is 39.5 Å². The topological polar surface area (TPSA) is 61.0 Å². The smallest absolute Gasteiger partial charge is 0.222 e. The third-order valence-corrected chi connectivity index (χ3v) is 2.83. The van der Waals surface area contributed by atoms with E-state index in [-0.39, 0.29) is 0 Å². The Bertz CT molecular complexity index is 359. The number of hydrogen-bond acceptors (Lipinski definition) is 4. The number of nitrogen functional groups attached to an aromatic ring is 1. The summed E-state index contributed by atoms with van der Waals surface area (Å²) in [5.74, 6) is 1.86. The largest absolute Gasteiger partial charge is 0.474 e. The quantitative estimate of drug-likeness (QED) is 0.805. The van der Waals surface area contributed by atoms with Crippen LogP contribution in [0, 0.1) is 13.8 Å². The van der Waals surface area contributed by atoms with Crippen LogP contribution in [-0.4, -0.2) is 16.1 Å². The van der Waals surface area contributed by atoms with Crippen LogP contribution in [0.25, 0.3) is 0 Å². The fraction of sp³-hybridized carbons (Fsp3) is 0.636. The van der Waals surface area contributed by atoms with Gasteiger partial charge in [0.05, 0.1) is 5.56 Å². The van der Waals surface area contributed by atoms with Gasteiger partial charge in [0.1, 0.15) is 17.7 Å². The van der Waals surface area contributed by atoms with Crippen LogP contribution in [0.5, 0.6) is 5.88 Å². The maximum absolute atomic E-state index is 5.84. The van der Waals surface area contributed by atoms with Gasteiger partial charge in [0, 0.05) is 0 Å². The third-order valence-electron chi connectivity index (χ3n) is 2.83. The van der Waals surface area contributed by atoms with Crippen molar-refractivity contribution in [3.63, 3.8) is 0 Å². The monoisotopic (exact) mass is 207 g/mol. The van der Waals surface area contributed by atoms with Crippen molar-refractivity contribution in [3.05, 3.63) is 11.4 Å². The van der Waals surface area contributed by atoms with E-state index in [1.807, 2.05) is 13.8 Å². The second-order valence-corrected chi connectivity index (χ2v) is 4.11. The Labute approximate surface area is 89.9 Å². The van der Waals surface area contributed by atoms with Crippen LogP contribution >= 0.6 is 0 Å². The van der Waals surface area contributed by atoms with Gasteiger partial charge in [-0.2, -0.15) is 4.98 Å². The van der Waals surface area contributed by atoms with E-state index in [9.17, 15) is 0 Å². The molecule has 82 valence electrons. The minimum atomic E-state index is 0.317. The summed E-state index contributed by atoms with van der Waals surface area (Å²) in [4.78, 5) is 8.38. The number of anilines is 1. The highest BCUT2D eigenvalue weighted by atomic mass is 16.5. The number of hydrogen-bond donors (Lipinski definition) is 1. The molecule has 4 nitrogen and oxygen atoms in total. The molecule has 0 saturated heterocycles. The van der Waals surface area contributed by atoms with Crippen LogP contribution in [0.1, 0.15) is 37.1 Å². The SMILES string of the molecule is Cc1nc(N)c(C)c(OC2CCCC2)n1. The van der Waals surface area contributed by atoms with Crippen LogP contribution in [0.3, 0.4) is 0 Å². The first-order valence-electron chi connectivity index (χ1n) is 5.44. The summed E-state index contributed by atoms with van der Waals surface area (Å²) in [5, 5.41) is 0. The number of ether oxygens (including phenoxy) is 1. The molecule has 2 rings (SSSR count). The first kappa shape index (κ1) is 10.2. The molecule has 1 aromatic heterocycles. The summed E-state index contributed by atoms with van der Waals surface area (Å²) >= 11 is 0. The van der Waals surface area contributed by atoms with Crippen molar-refractivity contribution in [2.45, 2.75) is 45.6 Å². The fourth-order valence-electron chi connectivity index (χ4n) is 1.90. The average Bonchev–Trinajstić information content (AvgIpc) is 2.66. The van der Waals surface area contributed by atoms with Gasteiger partial charge in [0.2, 0.25) is 5.88 Å². The molecule has 1 aromatic rings. The number of nitrogens with zero attached hydrogens (tertiary/aromatic N) is 2. The fourth-order valence-corrected chi connectivity index (χ4v) is 1.90. The Morgan fingerprint density at radius 1 is 1.20 bits per heavy atom. The number of aryl methyl sites for hydroxylation is 1. The van der Waals surface area contributed by atoms with Crippen molar-refractivity contribution < 1.29 is 4.74 Å². The van der Waals surface area contributed by atoms with Crippen molar-refractivity contribution in [2.24, 2.45) is 0 Å². The molecule has 1 fully saturated rings. The predicted molar refractivity (Wildman–Crippen MR) is 58.8 cm³/mol. The molecular formula is C11H17N3O. The van der Waals surface area contributed by atoms with E-state index in [0.717, 1.165) is 18.4 Å². The minimum Gasteiger partial charge on any atom is -0.474 e. The van der Waals surface area contributed by atoms with Crippen LogP contribution < -0.4 is 10.5 Å². The van der Waals surface area contributed by atoms with E-state index in [1.54, 1.807) is 0 Å². The lowest BCUT2D eigenvalue weighted by Crippen LogP contribution is -2.14. The molecule has 0 radical (unpaired) electrons. The number of nitrogens with two attached hydrogens (primary N) is 1. The molecule has 0 unspecified atom stereocenters. The molecule has 0 atom stereocenters. The predicted octanol–water partition coefficient (Wildman–Crippen LogP) is 2.00. The van der Waals surface area contributed by atoms with Gasteiger partial charge in [0.25, 0.3) is 0 Å². The molecule has 1 saturated carbocycles. The Morgan fingerprint density at radius 3 is 2.53 bits per heavy atom. The van der Waals surface area contributed by atoms with E-state index in [0.29, 0.717) is 23.6 Å². The average molecular weight is 207 g/mol. The molecule has 4 heteroatoms. The van der Waals surface area contributed by atoms with Crippen molar-refractivity contribution in [1.82, 2.24) is 9.97 Å². The number of rotatable bonds is 2. The first-order valence-corrected chi connectivity index (χ1v) is 5.44. The highest BCUT2D eigenvalue weighted by molar-refractivity contribution is 5.44. The summed E-state index contributed by atoms with van der Waals surface area (Å²) in [6.45, 7) is 3.73. The Balaban J connectivity index is 2.19. The van der Waals surface area contributed by atoms with Gasteiger partial charge in [-0.3, -0.25) is 0 Å². The highest BCUT2D eigenvalue weighted by Gasteiger charge is 2.19. The standard InChI is InChI=1S/C11H17N3O/c1-7-10(12)13-8(2)14-11(7)15-9-5-3-4-6-9/h9H,3-6H2,1-2H3,(H2,12,13,14). The van der Waals surface area contributed by atoms with Gasteiger partial charge in [0.15, 0.2) is 0 Å². The maximum atomic E-state index is 5.84. The van der Waals surface area contributed by atoms with Gasteiger partial charge in [-0.25, -0.2) is 4.98 Å². The summed E-state index contributed by atoms with van der Waals surface area (Å²) in [7, 11) is 0. The molecule has 0 amide bonds. The Morgan fingerprint density at radius 2 is 1.87 bits per heavy atom. The summed E-state index contributed by atoms with van der Waals surface area (Å²) in [5.41, 5.74) is 6.62. The van der Waals surface area contributed by atoms with Crippen molar-refractivity contribution in [3.8, 4) is 5.88 Å². The molecule has 0 aliphatic heterocycles. The lowest BCUT2D eigenvalue weighted by atomic mass is 10.3. The van der Waals surface area contributed by atoms with Crippen LogP contribution in [-0.2, 0) is 0 Å². The van der Waals surface area contributed by atoms with Gasteiger partial charge < -0.3 is 10.5 Å². The Hall–Kier alpha value is -1.32. The van der Waals surface area contributed by atoms with Gasteiger partial charge in [-0.15, -0.1) is 0 Å². The summed E-state index contributed by atoms with van der Waals surface area (Å²) in [6, 6.07) is 0. The molecule has 15 heavy (non-hydrogen) atoms. The van der Waals surface area contributed by atoms with E-state index in [4.69, 9.17) is 10.5 Å². The maximum Gasteiger partial charge on any atom is 0.222 e. The lowest BCUT2D eigenvalue weighted by molar-refractivity contribution is 0.199. The minimum absolute atomic E-state index is 0.317. The van der Waals surface area contributed by atoms with E-state index in [2.05, 4.69) is 9.97 Å². The zero-order valence-electron chi connectivity index (χ0n) is 9.29. The summed E-state index contributed by atoms with van der Waals surface area (Å²) in [6.07, 6.45) is 5.08. The van der Waals surface area contributed by atoms with Crippen molar-refractivity contribution in [2.75, 3.05) is 5.73 Å². The molecule has 0 bridgehead atoms. The third kappa shape index (κ3) is 2.19. The van der Waals surface area contributed by atoms with Crippen molar-refractivity contribution in [1.29, 1.82) is 0 Å². The molecule has 0 spiro atoms. The first-order chi connectivity index (χ1) is 7.16. The molecule has 0 aromatic carbocycles. The van der Waals surface area contributed by atoms with Crippen molar-refractivity contribution >= 4 is 5.82 Å². The molecule has 1 aliphatic rings. The van der Waals surface area contributed by atoms with E-state index in [1.165, 1.54) is 12.8 Å². The van der Waals surface area contributed by atoms with E-state index < -0.39 is 0 Å². The molecular weight excluding hydrogens is 190 g/mol. The van der Waals surface area contributed by atoms with Gasteiger partial charge in [-0.1, -0.05) is 0 Å². The van der Waals surface area contributed by atoms with E-state index >= 15 is 0 Å². The highest BCUT2D eigenvalue weighted by Crippen LogP contribution is 2.26. The second kappa shape index (κ2) is 4.04. The zero-order chi connectivity index (χ0) is 10.8. The van der Waals surface area contributed by atoms with Gasteiger partial charge >= 0.3 is 0 Å².